The molecule has 0 radical (unpaired) electrons. The van der Waals surface area contributed by atoms with Crippen molar-refractivity contribution < 1.29 is 27.6 Å². The molecule has 0 N–H and O–H groups in total. The van der Waals surface area contributed by atoms with Crippen LogP contribution in [0.1, 0.15) is 33.3 Å². The number of likely N-dealkylation sites (tertiary alicyclic amines) is 1. The van der Waals surface area contributed by atoms with Crippen LogP contribution in [0.5, 0.6) is 0 Å². The van der Waals surface area contributed by atoms with Gasteiger partial charge in [0.15, 0.2) is 0 Å². The van der Waals surface area contributed by atoms with Gasteiger partial charge in [-0.25, -0.2) is 8.78 Å². The SMILES string of the molecule is COC1CN(C(=O)Cc2cc(F)c(B3OC(C)(C)C(C)(C)O3)cc2F)C1. The van der Waals surface area contributed by atoms with Gasteiger partial charge < -0.3 is 18.9 Å². The Balaban J connectivity index is 1.74. The maximum atomic E-state index is 14.6. The average molecular weight is 367 g/mol. The largest absolute Gasteiger partial charge is 0.497 e. The Bertz CT molecular complexity index is 703. The first-order chi connectivity index (χ1) is 12.0. The van der Waals surface area contributed by atoms with Gasteiger partial charge in [0.1, 0.15) is 11.6 Å². The third kappa shape index (κ3) is 3.37. The number of rotatable bonds is 4. The van der Waals surface area contributed by atoms with Crippen molar-refractivity contribution in [2.45, 2.75) is 51.4 Å². The van der Waals surface area contributed by atoms with Crippen LogP contribution in [0.25, 0.3) is 0 Å². The molecule has 2 aliphatic rings. The van der Waals surface area contributed by atoms with Crippen molar-refractivity contribution in [3.8, 4) is 0 Å². The van der Waals surface area contributed by atoms with Crippen molar-refractivity contribution in [2.75, 3.05) is 20.2 Å². The predicted octanol–water partition coefficient (Wildman–Crippen LogP) is 1.66. The van der Waals surface area contributed by atoms with Crippen molar-refractivity contribution in [3.05, 3.63) is 29.3 Å². The Morgan fingerprint density at radius 3 is 2.31 bits per heavy atom. The second-order valence-corrected chi connectivity index (χ2v) is 7.89. The summed E-state index contributed by atoms with van der Waals surface area (Å²) in [6.07, 6.45) is -0.172. The highest BCUT2D eigenvalue weighted by Gasteiger charge is 2.52. The lowest BCUT2D eigenvalue weighted by molar-refractivity contribution is -0.142. The molecule has 0 atom stereocenters. The Hall–Kier alpha value is -1.51. The van der Waals surface area contributed by atoms with Crippen LogP contribution in [0.2, 0.25) is 0 Å². The van der Waals surface area contributed by atoms with E-state index in [1.54, 1.807) is 12.0 Å². The van der Waals surface area contributed by atoms with Gasteiger partial charge in [-0.3, -0.25) is 4.79 Å². The lowest BCUT2D eigenvalue weighted by Gasteiger charge is -2.38. The molecular formula is C18H24BF2NO4. The van der Waals surface area contributed by atoms with E-state index in [0.29, 0.717) is 13.1 Å². The molecule has 0 aliphatic carbocycles. The number of halogens is 2. The minimum absolute atomic E-state index is 0.000691. The summed E-state index contributed by atoms with van der Waals surface area (Å²) < 4.78 is 45.7. The molecule has 0 unspecified atom stereocenters. The summed E-state index contributed by atoms with van der Waals surface area (Å²) in [6.45, 7) is 8.32. The van der Waals surface area contributed by atoms with E-state index in [0.717, 1.165) is 12.1 Å². The van der Waals surface area contributed by atoms with Crippen molar-refractivity contribution in [1.29, 1.82) is 0 Å². The van der Waals surface area contributed by atoms with Gasteiger partial charge in [0, 0.05) is 25.7 Å². The first kappa shape index (κ1) is 19.3. The van der Waals surface area contributed by atoms with Crippen molar-refractivity contribution in [2.24, 2.45) is 0 Å². The van der Waals surface area contributed by atoms with Crippen LogP contribution in [0.3, 0.4) is 0 Å². The highest BCUT2D eigenvalue weighted by molar-refractivity contribution is 6.62. The first-order valence-electron chi connectivity index (χ1n) is 8.68. The van der Waals surface area contributed by atoms with E-state index < -0.39 is 30.0 Å². The third-order valence-electron chi connectivity index (χ3n) is 5.55. The maximum Gasteiger partial charge on any atom is 0.497 e. The predicted molar refractivity (Wildman–Crippen MR) is 93.2 cm³/mol. The van der Waals surface area contributed by atoms with E-state index in [-0.39, 0.29) is 29.5 Å². The summed E-state index contributed by atoms with van der Waals surface area (Å²) in [5, 5.41) is 0. The monoisotopic (exact) mass is 367 g/mol. The summed E-state index contributed by atoms with van der Waals surface area (Å²) >= 11 is 0. The number of methoxy groups -OCH3 is 1. The highest BCUT2D eigenvalue weighted by Crippen LogP contribution is 2.36. The molecule has 2 heterocycles. The van der Waals surface area contributed by atoms with E-state index in [1.807, 2.05) is 27.7 Å². The molecule has 8 heteroatoms. The Morgan fingerprint density at radius 2 is 1.77 bits per heavy atom. The molecule has 1 aromatic carbocycles. The molecular weight excluding hydrogens is 343 g/mol. The zero-order chi connectivity index (χ0) is 19.3. The number of amides is 1. The molecule has 0 bridgehead atoms. The Labute approximate surface area is 152 Å². The molecule has 1 amide bonds. The Kier molecular flexibility index (Phi) is 4.88. The number of nitrogens with zero attached hydrogens (tertiary/aromatic N) is 1. The average Bonchev–Trinajstić information content (AvgIpc) is 2.69. The molecule has 142 valence electrons. The normalized spacial score (nSPS) is 21.8. The minimum atomic E-state index is -0.989. The summed E-state index contributed by atoms with van der Waals surface area (Å²) in [4.78, 5) is 13.7. The molecule has 2 saturated heterocycles. The van der Waals surface area contributed by atoms with Crippen LogP contribution in [-0.4, -0.2) is 55.4 Å². The summed E-state index contributed by atoms with van der Waals surface area (Å²) in [5.74, 6) is -1.54. The molecule has 0 saturated carbocycles. The number of carbonyl (C=O) groups is 1. The second kappa shape index (κ2) is 6.58. The summed E-state index contributed by atoms with van der Waals surface area (Å²) in [5.41, 5.74) is -1.27. The molecule has 2 fully saturated rings. The van der Waals surface area contributed by atoms with Crippen LogP contribution < -0.4 is 5.46 Å². The van der Waals surface area contributed by atoms with Crippen LogP contribution in [-0.2, 0) is 25.3 Å². The van der Waals surface area contributed by atoms with Crippen molar-refractivity contribution in [3.63, 3.8) is 0 Å². The van der Waals surface area contributed by atoms with Gasteiger partial charge in [0.25, 0.3) is 0 Å². The fourth-order valence-corrected chi connectivity index (χ4v) is 2.96. The lowest BCUT2D eigenvalue weighted by Crippen LogP contribution is -2.54. The van der Waals surface area contributed by atoms with E-state index in [4.69, 9.17) is 14.0 Å². The van der Waals surface area contributed by atoms with Gasteiger partial charge in [0.05, 0.1) is 23.7 Å². The standard InChI is InChI=1S/C18H24BF2NO4/c1-17(2)18(3,4)26-19(25-17)13-8-14(20)11(6-15(13)21)7-16(23)22-9-12(10-22)24-5/h6,8,12H,7,9-10H2,1-5H3. The van der Waals surface area contributed by atoms with Gasteiger partial charge >= 0.3 is 7.12 Å². The van der Waals surface area contributed by atoms with Gasteiger partial charge in [-0.2, -0.15) is 0 Å². The van der Waals surface area contributed by atoms with Crippen molar-refractivity contribution >= 4 is 18.5 Å². The smallest absolute Gasteiger partial charge is 0.399 e. The Morgan fingerprint density at radius 1 is 1.19 bits per heavy atom. The fourth-order valence-electron chi connectivity index (χ4n) is 2.96. The molecule has 3 rings (SSSR count). The number of hydrogen-bond acceptors (Lipinski definition) is 4. The summed E-state index contributed by atoms with van der Waals surface area (Å²) in [6, 6.07) is 2.12. The van der Waals surface area contributed by atoms with Crippen LogP contribution in [0.4, 0.5) is 8.78 Å². The quantitative estimate of drug-likeness (QED) is 0.760. The van der Waals surface area contributed by atoms with E-state index in [1.165, 1.54) is 0 Å². The topological polar surface area (TPSA) is 48.0 Å². The van der Waals surface area contributed by atoms with Gasteiger partial charge in [-0.1, -0.05) is 0 Å². The zero-order valence-corrected chi connectivity index (χ0v) is 15.8. The van der Waals surface area contributed by atoms with E-state index in [2.05, 4.69) is 0 Å². The molecule has 1 aromatic rings. The number of benzene rings is 1. The minimum Gasteiger partial charge on any atom is -0.399 e. The molecule has 26 heavy (non-hydrogen) atoms. The second-order valence-electron chi connectivity index (χ2n) is 7.89. The first-order valence-corrected chi connectivity index (χ1v) is 8.68. The molecule has 2 aliphatic heterocycles. The fraction of sp³-hybridized carbons (Fsp3) is 0.611. The molecule has 5 nitrogen and oxygen atoms in total. The maximum absolute atomic E-state index is 14.6. The zero-order valence-electron chi connectivity index (χ0n) is 15.8. The van der Waals surface area contributed by atoms with Crippen LogP contribution in [0.15, 0.2) is 12.1 Å². The van der Waals surface area contributed by atoms with Gasteiger partial charge in [-0.05, 0) is 45.4 Å². The molecule has 0 spiro atoms. The molecule has 0 aromatic heterocycles. The number of carbonyl (C=O) groups excluding carboxylic acids is 1. The van der Waals surface area contributed by atoms with Crippen LogP contribution in [0, 0.1) is 11.6 Å². The lowest BCUT2D eigenvalue weighted by atomic mass is 9.78. The third-order valence-corrected chi connectivity index (χ3v) is 5.55. The van der Waals surface area contributed by atoms with Gasteiger partial charge in [0.2, 0.25) is 5.91 Å². The summed E-state index contributed by atoms with van der Waals surface area (Å²) in [7, 11) is 0.591. The number of hydrogen-bond donors (Lipinski definition) is 0. The van der Waals surface area contributed by atoms with E-state index >= 15 is 0 Å². The number of ether oxygens (including phenoxy) is 1. The van der Waals surface area contributed by atoms with Gasteiger partial charge in [-0.15, -0.1) is 0 Å². The van der Waals surface area contributed by atoms with E-state index in [9.17, 15) is 13.6 Å². The van der Waals surface area contributed by atoms with Crippen molar-refractivity contribution in [1.82, 2.24) is 4.90 Å². The highest BCUT2D eigenvalue weighted by atomic mass is 19.1. The van der Waals surface area contributed by atoms with Crippen LogP contribution >= 0.6 is 0 Å².